The second-order valence-electron chi connectivity index (χ2n) is 10.2. The predicted molar refractivity (Wildman–Crippen MR) is 146 cm³/mol. The zero-order valence-corrected chi connectivity index (χ0v) is 22.2. The molecule has 0 bridgehead atoms. The number of carboxylic acid groups (broad SMARTS) is 1. The molecule has 6 rings (SSSR count). The molecule has 1 aromatic carbocycles. The van der Waals surface area contributed by atoms with Crippen LogP contribution in [-0.2, 0) is 4.74 Å². The van der Waals surface area contributed by atoms with Crippen molar-refractivity contribution < 1.29 is 32.4 Å². The van der Waals surface area contributed by atoms with Gasteiger partial charge in [0.15, 0.2) is 17.3 Å². The number of hydrogen-bond donors (Lipinski definition) is 3. The highest BCUT2D eigenvalue weighted by Gasteiger charge is 2.28. The molecule has 1 atom stereocenters. The molecule has 0 unspecified atom stereocenters. The molecule has 2 fully saturated rings. The molecule has 4 aromatic rings. The Kier molecular flexibility index (Phi) is 6.12. The molecule has 0 spiro atoms. The van der Waals surface area contributed by atoms with Gasteiger partial charge in [-0.3, -0.25) is 4.79 Å². The maximum Gasteiger partial charge on any atom is 0.407 e. The molecular weight excluding hydrogens is 533 g/mol. The molecule has 0 aliphatic carbocycles. The Morgan fingerprint density at radius 2 is 2.00 bits per heavy atom. The summed E-state index contributed by atoms with van der Waals surface area (Å²) in [4.78, 5) is 34.6. The van der Waals surface area contributed by atoms with Crippen LogP contribution in [-0.4, -0.2) is 80.9 Å². The molecule has 0 radical (unpaired) electrons. The van der Waals surface area contributed by atoms with Crippen LogP contribution in [0.5, 0.6) is 0 Å². The Bertz CT molecular complexity index is 1730. The van der Waals surface area contributed by atoms with E-state index in [9.17, 15) is 14.7 Å². The van der Waals surface area contributed by atoms with E-state index in [4.69, 9.17) is 18.3 Å². The SMILES string of the molecule is [2H]C([2H])([2H])NC(=O)c1cc(C)c(F)c(-c2cnn3cc(-c4cnc(C5CCN(C(=O)O)CC5)o4)c(N[C@H]4CCOC4)nc23)c1. The van der Waals surface area contributed by atoms with Gasteiger partial charge >= 0.3 is 6.09 Å². The summed E-state index contributed by atoms with van der Waals surface area (Å²) in [5.41, 5.74) is 1.33. The van der Waals surface area contributed by atoms with E-state index < -0.39 is 24.8 Å². The number of nitrogens with one attached hydrogen (secondary N) is 2. The zero-order valence-electron chi connectivity index (χ0n) is 25.2. The fourth-order valence-corrected chi connectivity index (χ4v) is 5.32. The molecule has 5 heterocycles. The molecule has 214 valence electrons. The fraction of sp³-hybridized carbons (Fsp3) is 0.393. The van der Waals surface area contributed by atoms with Gasteiger partial charge in [0.05, 0.1) is 30.6 Å². The number of carbonyl (C=O) groups excluding carboxylic acids is 1. The molecular formula is C28H30FN7O5. The quantitative estimate of drug-likeness (QED) is 0.316. The Labute approximate surface area is 238 Å². The smallest absolute Gasteiger partial charge is 0.407 e. The summed E-state index contributed by atoms with van der Waals surface area (Å²) >= 11 is 0. The van der Waals surface area contributed by atoms with Crippen LogP contribution >= 0.6 is 0 Å². The number of ether oxygens (including phenoxy) is 1. The Hall–Kier alpha value is -4.52. The lowest BCUT2D eigenvalue weighted by atomic mass is 9.97. The van der Waals surface area contributed by atoms with Gasteiger partial charge in [-0.05, 0) is 43.9 Å². The Balaban J connectivity index is 1.38. The van der Waals surface area contributed by atoms with E-state index in [2.05, 4.69) is 15.4 Å². The summed E-state index contributed by atoms with van der Waals surface area (Å²) in [6.07, 6.45) is 5.70. The molecule has 2 aliphatic heterocycles. The standard InChI is InChI=1S/C28H30FN7O5/c1-15-9-17(26(37)30-2)10-19(23(15)29)20-11-32-36-13-21(24(34-25(20)36)33-18-5-8-40-14-18)22-12-31-27(41-22)16-3-6-35(7-4-16)28(38)39/h9-13,16,18H,3-8,14H2,1-2H3,(H,30,37)(H,33,34)(H,38,39)/t18-/m0/s1/i2D3. The molecule has 2 aliphatic rings. The number of aryl methyl sites for hydroxylation is 1. The highest BCUT2D eigenvalue weighted by Crippen LogP contribution is 2.36. The molecule has 3 aromatic heterocycles. The van der Waals surface area contributed by atoms with E-state index >= 15 is 4.39 Å². The van der Waals surface area contributed by atoms with E-state index in [0.29, 0.717) is 73.4 Å². The average molecular weight is 567 g/mol. The molecule has 41 heavy (non-hydrogen) atoms. The van der Waals surface area contributed by atoms with Crippen molar-refractivity contribution in [3.8, 4) is 22.5 Å². The van der Waals surface area contributed by atoms with Gasteiger partial charge in [-0.2, -0.15) is 5.10 Å². The van der Waals surface area contributed by atoms with Crippen LogP contribution in [0.25, 0.3) is 28.1 Å². The van der Waals surface area contributed by atoms with Gasteiger partial charge in [0.1, 0.15) is 11.6 Å². The largest absolute Gasteiger partial charge is 0.465 e. The number of halogens is 1. The van der Waals surface area contributed by atoms with Crippen molar-refractivity contribution in [3.63, 3.8) is 0 Å². The minimum Gasteiger partial charge on any atom is -0.465 e. The summed E-state index contributed by atoms with van der Waals surface area (Å²) in [7, 11) is 0. The third-order valence-electron chi connectivity index (χ3n) is 7.59. The number of carbonyl (C=O) groups is 2. The lowest BCUT2D eigenvalue weighted by Crippen LogP contribution is -2.36. The average Bonchev–Trinajstić information content (AvgIpc) is 3.75. The molecule has 3 N–H and O–H groups in total. The van der Waals surface area contributed by atoms with E-state index in [1.54, 1.807) is 12.4 Å². The van der Waals surface area contributed by atoms with Gasteiger partial charge in [-0.15, -0.1) is 0 Å². The van der Waals surface area contributed by atoms with Gasteiger partial charge in [-0.25, -0.2) is 23.7 Å². The van der Waals surface area contributed by atoms with Crippen molar-refractivity contribution in [2.24, 2.45) is 0 Å². The molecule has 2 saturated heterocycles. The number of amides is 2. The zero-order chi connectivity index (χ0) is 31.2. The number of nitrogens with zero attached hydrogens (tertiary/aromatic N) is 5. The van der Waals surface area contributed by atoms with Crippen LogP contribution in [0.2, 0.25) is 0 Å². The lowest BCUT2D eigenvalue weighted by Gasteiger charge is -2.28. The second-order valence-corrected chi connectivity index (χ2v) is 10.2. The number of rotatable bonds is 6. The van der Waals surface area contributed by atoms with Crippen LogP contribution in [0.4, 0.5) is 15.0 Å². The Morgan fingerprint density at radius 1 is 1.17 bits per heavy atom. The van der Waals surface area contributed by atoms with Crippen LogP contribution in [0.1, 0.15) is 51.1 Å². The maximum atomic E-state index is 15.5. The van der Waals surface area contributed by atoms with Gasteiger partial charge in [-0.1, -0.05) is 0 Å². The first-order valence-electron chi connectivity index (χ1n) is 14.8. The van der Waals surface area contributed by atoms with Crippen molar-refractivity contribution in [3.05, 3.63) is 53.6 Å². The van der Waals surface area contributed by atoms with Crippen molar-refractivity contribution in [2.45, 2.75) is 38.1 Å². The normalized spacial score (nSPS) is 19.1. The summed E-state index contributed by atoms with van der Waals surface area (Å²) < 4.78 is 50.7. The number of benzene rings is 1. The number of aromatic nitrogens is 4. The van der Waals surface area contributed by atoms with Crippen LogP contribution < -0.4 is 10.6 Å². The van der Waals surface area contributed by atoms with E-state index in [1.165, 1.54) is 34.7 Å². The fourth-order valence-electron chi connectivity index (χ4n) is 5.32. The van der Waals surface area contributed by atoms with E-state index in [0.717, 1.165) is 6.42 Å². The predicted octanol–water partition coefficient (Wildman–Crippen LogP) is 3.92. The minimum absolute atomic E-state index is 0.0178. The number of hydrogen-bond acceptors (Lipinski definition) is 8. The van der Waals surface area contributed by atoms with Crippen molar-refractivity contribution in [2.75, 3.05) is 38.6 Å². The lowest BCUT2D eigenvalue weighted by molar-refractivity contribution is 0.0962. The summed E-state index contributed by atoms with van der Waals surface area (Å²) in [6, 6.07) is 2.53. The van der Waals surface area contributed by atoms with Gasteiger partial charge in [0, 0.05) is 59.6 Å². The number of likely N-dealkylation sites (tertiary alicyclic amines) is 1. The highest BCUT2D eigenvalue weighted by atomic mass is 19.1. The summed E-state index contributed by atoms with van der Waals surface area (Å²) in [5, 5.41) is 19.0. The first-order valence-corrected chi connectivity index (χ1v) is 13.3. The van der Waals surface area contributed by atoms with Gasteiger partial charge in [0.2, 0.25) is 0 Å². The number of piperidine rings is 1. The number of anilines is 1. The topological polar surface area (TPSA) is 147 Å². The van der Waals surface area contributed by atoms with E-state index in [1.807, 2.05) is 5.32 Å². The van der Waals surface area contributed by atoms with Crippen molar-refractivity contribution >= 4 is 23.5 Å². The van der Waals surface area contributed by atoms with Gasteiger partial charge < -0.3 is 29.8 Å². The second kappa shape index (κ2) is 10.8. The monoisotopic (exact) mass is 566 g/mol. The third-order valence-corrected chi connectivity index (χ3v) is 7.59. The first kappa shape index (κ1) is 23.2. The number of oxazole rings is 1. The van der Waals surface area contributed by atoms with E-state index in [-0.39, 0.29) is 28.7 Å². The van der Waals surface area contributed by atoms with Crippen molar-refractivity contribution in [1.82, 2.24) is 29.8 Å². The first-order chi connectivity index (χ1) is 21.0. The number of fused-ring (bicyclic) bond motifs is 1. The maximum absolute atomic E-state index is 15.5. The highest BCUT2D eigenvalue weighted by molar-refractivity contribution is 5.96. The van der Waals surface area contributed by atoms with Crippen LogP contribution in [0.15, 0.2) is 35.1 Å². The van der Waals surface area contributed by atoms with Crippen molar-refractivity contribution in [1.29, 1.82) is 0 Å². The molecule has 13 heteroatoms. The molecule has 2 amide bonds. The van der Waals surface area contributed by atoms with Crippen LogP contribution in [0, 0.1) is 12.7 Å². The Morgan fingerprint density at radius 3 is 2.73 bits per heavy atom. The summed E-state index contributed by atoms with van der Waals surface area (Å²) in [5.74, 6) is -0.118. The van der Waals surface area contributed by atoms with Crippen LogP contribution in [0.3, 0.4) is 0 Å². The minimum atomic E-state index is -2.71. The molecule has 12 nitrogen and oxygen atoms in total. The molecule has 0 saturated carbocycles. The summed E-state index contributed by atoms with van der Waals surface area (Å²) in [6.45, 7) is 0.627. The van der Waals surface area contributed by atoms with Gasteiger partial charge in [0.25, 0.3) is 5.91 Å². The third kappa shape index (κ3) is 5.08.